The second kappa shape index (κ2) is 6.57. The molecular weight excluding hydrogens is 356 g/mol. The van der Waals surface area contributed by atoms with Crippen molar-refractivity contribution in [1.82, 2.24) is 9.88 Å². The van der Waals surface area contributed by atoms with E-state index in [1.54, 1.807) is 35.4 Å². The van der Waals surface area contributed by atoms with Gasteiger partial charge in [0.15, 0.2) is 9.84 Å². The molecule has 25 heavy (non-hydrogen) atoms. The summed E-state index contributed by atoms with van der Waals surface area (Å²) >= 11 is 1.57. The van der Waals surface area contributed by atoms with E-state index in [4.69, 9.17) is 0 Å². The van der Waals surface area contributed by atoms with E-state index in [1.165, 1.54) is 12.1 Å². The zero-order valence-corrected chi connectivity index (χ0v) is 15.8. The first kappa shape index (κ1) is 17.6. The Morgan fingerprint density at radius 3 is 2.36 bits per heavy atom. The van der Waals surface area contributed by atoms with Gasteiger partial charge in [-0.3, -0.25) is 4.79 Å². The molecule has 1 atom stereocenters. The molecular formula is C18H18N2O3S2. The Hall–Kier alpha value is -2.25. The maximum Gasteiger partial charge on any atom is 0.254 e. The van der Waals surface area contributed by atoms with E-state index < -0.39 is 9.84 Å². The first-order chi connectivity index (χ1) is 11.8. The van der Waals surface area contributed by atoms with Gasteiger partial charge in [-0.2, -0.15) is 0 Å². The van der Waals surface area contributed by atoms with Crippen LogP contribution in [0.3, 0.4) is 0 Å². The van der Waals surface area contributed by atoms with Crippen LogP contribution in [0.5, 0.6) is 0 Å². The number of para-hydroxylation sites is 1. The molecule has 0 saturated carbocycles. The number of benzene rings is 2. The van der Waals surface area contributed by atoms with E-state index in [0.717, 1.165) is 21.5 Å². The number of carbonyl (C=O) groups excluding carboxylic acids is 1. The fourth-order valence-corrected chi connectivity index (χ4v) is 4.15. The molecule has 0 unspecified atom stereocenters. The Balaban J connectivity index is 1.83. The van der Waals surface area contributed by atoms with Crippen molar-refractivity contribution < 1.29 is 13.2 Å². The third-order valence-electron chi connectivity index (χ3n) is 4.10. The maximum absolute atomic E-state index is 12.7. The van der Waals surface area contributed by atoms with Crippen LogP contribution in [0.4, 0.5) is 0 Å². The number of thiazole rings is 1. The van der Waals surface area contributed by atoms with E-state index in [-0.39, 0.29) is 16.8 Å². The Labute approximate surface area is 150 Å². The topological polar surface area (TPSA) is 67.3 Å². The highest BCUT2D eigenvalue weighted by atomic mass is 32.2. The zero-order chi connectivity index (χ0) is 18.2. The lowest BCUT2D eigenvalue weighted by Gasteiger charge is -2.23. The second-order valence-corrected chi connectivity index (χ2v) is 8.99. The molecule has 0 aliphatic heterocycles. The van der Waals surface area contributed by atoms with Crippen LogP contribution in [-0.4, -0.2) is 37.5 Å². The molecule has 1 aromatic heterocycles. The fourth-order valence-electron chi connectivity index (χ4n) is 2.46. The van der Waals surface area contributed by atoms with Gasteiger partial charge in [-0.25, -0.2) is 13.4 Å². The van der Waals surface area contributed by atoms with Crippen LogP contribution < -0.4 is 0 Å². The minimum Gasteiger partial charge on any atom is -0.333 e. The lowest BCUT2D eigenvalue weighted by Crippen LogP contribution is -2.29. The van der Waals surface area contributed by atoms with Crippen LogP contribution in [0.15, 0.2) is 53.4 Å². The lowest BCUT2D eigenvalue weighted by molar-refractivity contribution is 0.0742. The van der Waals surface area contributed by atoms with E-state index >= 15 is 0 Å². The number of sulfone groups is 1. The molecule has 7 heteroatoms. The van der Waals surface area contributed by atoms with Gasteiger partial charge in [0, 0.05) is 18.9 Å². The van der Waals surface area contributed by atoms with Crippen LogP contribution in [-0.2, 0) is 9.84 Å². The van der Waals surface area contributed by atoms with E-state index in [1.807, 2.05) is 31.2 Å². The molecule has 1 amide bonds. The van der Waals surface area contributed by atoms with Gasteiger partial charge in [0.05, 0.1) is 21.2 Å². The number of nitrogens with zero attached hydrogens (tertiary/aromatic N) is 2. The minimum atomic E-state index is -3.27. The number of aromatic nitrogens is 1. The second-order valence-electron chi connectivity index (χ2n) is 5.91. The molecule has 0 bridgehead atoms. The third kappa shape index (κ3) is 3.57. The first-order valence-electron chi connectivity index (χ1n) is 7.70. The Bertz CT molecular complexity index is 991. The quantitative estimate of drug-likeness (QED) is 0.701. The Morgan fingerprint density at radius 1 is 1.12 bits per heavy atom. The SMILES string of the molecule is C[C@@H](c1nc2ccccc2s1)N(C)C(=O)c1ccc(S(C)(=O)=O)cc1. The maximum atomic E-state index is 12.7. The van der Waals surface area contributed by atoms with Gasteiger partial charge in [0.1, 0.15) is 5.01 Å². The van der Waals surface area contributed by atoms with Crippen molar-refractivity contribution in [3.8, 4) is 0 Å². The van der Waals surface area contributed by atoms with Crippen molar-refractivity contribution >= 4 is 37.3 Å². The highest BCUT2D eigenvalue weighted by Crippen LogP contribution is 2.29. The lowest BCUT2D eigenvalue weighted by atomic mass is 10.2. The summed E-state index contributed by atoms with van der Waals surface area (Å²) in [5, 5.41) is 0.866. The molecule has 5 nitrogen and oxygen atoms in total. The summed E-state index contributed by atoms with van der Waals surface area (Å²) in [5.41, 5.74) is 1.37. The van der Waals surface area contributed by atoms with Crippen molar-refractivity contribution in [2.75, 3.05) is 13.3 Å². The fraction of sp³-hybridized carbons (Fsp3) is 0.222. The molecule has 0 radical (unpaired) electrons. The standard InChI is InChI=1S/C18H18N2O3S2/c1-12(17-19-15-6-4-5-7-16(15)24-17)20(2)18(21)13-8-10-14(11-9-13)25(3,22)23/h4-12H,1-3H3/t12-/m0/s1. The number of carbonyl (C=O) groups is 1. The molecule has 0 fully saturated rings. The van der Waals surface area contributed by atoms with Crippen LogP contribution >= 0.6 is 11.3 Å². The summed E-state index contributed by atoms with van der Waals surface area (Å²) in [6.07, 6.45) is 1.14. The van der Waals surface area contributed by atoms with E-state index in [9.17, 15) is 13.2 Å². The average Bonchev–Trinajstić information content (AvgIpc) is 3.03. The molecule has 3 rings (SSSR count). The summed E-state index contributed by atoms with van der Waals surface area (Å²) in [6.45, 7) is 1.93. The minimum absolute atomic E-state index is 0.174. The zero-order valence-electron chi connectivity index (χ0n) is 14.1. The molecule has 130 valence electrons. The van der Waals surface area contributed by atoms with Gasteiger partial charge in [0.2, 0.25) is 0 Å². The number of hydrogen-bond acceptors (Lipinski definition) is 5. The van der Waals surface area contributed by atoms with Gasteiger partial charge >= 0.3 is 0 Å². The number of fused-ring (bicyclic) bond motifs is 1. The molecule has 1 heterocycles. The predicted octanol–water partition coefficient (Wildman–Crippen LogP) is 3.53. The van der Waals surface area contributed by atoms with Crippen LogP contribution in [0.1, 0.15) is 28.3 Å². The average molecular weight is 374 g/mol. The Morgan fingerprint density at radius 2 is 1.76 bits per heavy atom. The van der Waals surface area contributed by atoms with Gasteiger partial charge < -0.3 is 4.90 Å². The van der Waals surface area contributed by atoms with Crippen molar-refractivity contribution in [1.29, 1.82) is 0 Å². The summed E-state index contributed by atoms with van der Waals surface area (Å²) in [7, 11) is -1.55. The van der Waals surface area contributed by atoms with Crippen LogP contribution in [0.2, 0.25) is 0 Å². The van der Waals surface area contributed by atoms with Gasteiger partial charge in [0.25, 0.3) is 5.91 Å². The van der Waals surface area contributed by atoms with Crippen molar-refractivity contribution in [3.63, 3.8) is 0 Å². The smallest absolute Gasteiger partial charge is 0.254 e. The van der Waals surface area contributed by atoms with E-state index in [2.05, 4.69) is 4.98 Å². The molecule has 0 aliphatic carbocycles. The number of hydrogen-bond donors (Lipinski definition) is 0. The largest absolute Gasteiger partial charge is 0.333 e. The summed E-state index contributed by atoms with van der Waals surface area (Å²) in [6, 6.07) is 13.7. The number of amides is 1. The van der Waals surface area contributed by atoms with Crippen LogP contribution in [0.25, 0.3) is 10.2 Å². The molecule has 0 spiro atoms. The molecule has 3 aromatic rings. The van der Waals surface area contributed by atoms with E-state index in [0.29, 0.717) is 5.56 Å². The van der Waals surface area contributed by atoms with Crippen molar-refractivity contribution in [2.24, 2.45) is 0 Å². The third-order valence-corrected chi connectivity index (χ3v) is 6.43. The summed E-state index contributed by atoms with van der Waals surface area (Å²) in [5.74, 6) is -0.174. The highest BCUT2D eigenvalue weighted by Gasteiger charge is 2.22. The first-order valence-corrected chi connectivity index (χ1v) is 10.4. The van der Waals surface area contributed by atoms with Crippen molar-refractivity contribution in [2.45, 2.75) is 17.9 Å². The normalized spacial score (nSPS) is 12.9. The van der Waals surface area contributed by atoms with Crippen LogP contribution in [0, 0.1) is 0 Å². The predicted molar refractivity (Wildman–Crippen MR) is 99.7 cm³/mol. The molecule has 0 saturated heterocycles. The van der Waals surface area contributed by atoms with Gasteiger partial charge in [-0.05, 0) is 43.3 Å². The monoisotopic (exact) mass is 374 g/mol. The van der Waals surface area contributed by atoms with Gasteiger partial charge in [-0.15, -0.1) is 11.3 Å². The molecule has 0 aliphatic rings. The summed E-state index contributed by atoms with van der Waals surface area (Å²) < 4.78 is 24.1. The Kier molecular flexibility index (Phi) is 4.62. The number of rotatable bonds is 4. The van der Waals surface area contributed by atoms with Crippen molar-refractivity contribution in [3.05, 3.63) is 59.1 Å². The van der Waals surface area contributed by atoms with Gasteiger partial charge in [-0.1, -0.05) is 12.1 Å². The summed E-state index contributed by atoms with van der Waals surface area (Å²) in [4.78, 5) is 19.1. The highest BCUT2D eigenvalue weighted by molar-refractivity contribution is 7.90. The molecule has 2 aromatic carbocycles. The molecule has 0 N–H and O–H groups in total.